The lowest BCUT2D eigenvalue weighted by atomic mass is 9.96. The van der Waals surface area contributed by atoms with E-state index in [1.54, 1.807) is 12.1 Å². The minimum Gasteiger partial charge on any atom is -0.491 e. The Balaban J connectivity index is 1.79. The highest BCUT2D eigenvalue weighted by atomic mass is 19.1. The first-order valence-corrected chi connectivity index (χ1v) is 9.03. The van der Waals surface area contributed by atoms with Gasteiger partial charge in [-0.1, -0.05) is 0 Å². The van der Waals surface area contributed by atoms with Crippen LogP contribution in [0.5, 0.6) is 17.4 Å². The van der Waals surface area contributed by atoms with Gasteiger partial charge in [-0.2, -0.15) is 0 Å². The minimum absolute atomic E-state index is 0.0756. The van der Waals surface area contributed by atoms with Crippen molar-refractivity contribution in [1.29, 1.82) is 0 Å². The molecular weight excluding hydrogens is 372 g/mol. The zero-order valence-corrected chi connectivity index (χ0v) is 15.4. The third-order valence-electron chi connectivity index (χ3n) is 4.45. The normalized spacial score (nSPS) is 13.7. The van der Waals surface area contributed by atoms with Crippen LogP contribution in [0.15, 0.2) is 24.3 Å². The van der Waals surface area contributed by atoms with Crippen molar-refractivity contribution in [3.05, 3.63) is 35.9 Å². The minimum atomic E-state index is -0.995. The van der Waals surface area contributed by atoms with Crippen molar-refractivity contribution in [3.8, 4) is 28.6 Å². The van der Waals surface area contributed by atoms with Crippen LogP contribution in [0, 0.1) is 11.6 Å². The van der Waals surface area contributed by atoms with Crippen molar-refractivity contribution in [1.82, 2.24) is 4.98 Å². The summed E-state index contributed by atoms with van der Waals surface area (Å²) in [6.45, 7) is -0.0976. The fraction of sp³-hybridized carbons (Fsp3) is 0.400. The molecule has 1 heterocycles. The van der Waals surface area contributed by atoms with Gasteiger partial charge in [-0.15, -0.1) is 0 Å². The SMILES string of the molecule is COc1ccc(-c2cc(F)c(OCCCC(=O)O)c(F)c2)nc1OC1CCC1. The van der Waals surface area contributed by atoms with Gasteiger partial charge in [0.1, 0.15) is 6.10 Å². The number of carboxylic acids is 1. The molecule has 6 nitrogen and oxygen atoms in total. The summed E-state index contributed by atoms with van der Waals surface area (Å²) in [5.41, 5.74) is 0.569. The quantitative estimate of drug-likeness (QED) is 0.643. The number of rotatable bonds is 9. The van der Waals surface area contributed by atoms with Crippen LogP contribution in [0.25, 0.3) is 11.3 Å². The molecule has 8 heteroatoms. The molecule has 150 valence electrons. The van der Waals surface area contributed by atoms with Crippen molar-refractivity contribution in [3.63, 3.8) is 0 Å². The topological polar surface area (TPSA) is 77.9 Å². The van der Waals surface area contributed by atoms with E-state index in [-0.39, 0.29) is 31.1 Å². The largest absolute Gasteiger partial charge is 0.491 e. The molecule has 0 spiro atoms. The molecule has 3 rings (SSSR count). The molecule has 2 aromatic rings. The predicted molar refractivity (Wildman–Crippen MR) is 96.8 cm³/mol. The maximum Gasteiger partial charge on any atom is 0.303 e. The molecule has 0 bridgehead atoms. The zero-order chi connectivity index (χ0) is 20.1. The molecule has 0 saturated heterocycles. The second-order valence-corrected chi connectivity index (χ2v) is 6.49. The summed E-state index contributed by atoms with van der Waals surface area (Å²) in [6, 6.07) is 5.48. The van der Waals surface area contributed by atoms with Gasteiger partial charge in [0.2, 0.25) is 0 Å². The number of carboxylic acid groups (broad SMARTS) is 1. The maximum absolute atomic E-state index is 14.3. The first kappa shape index (κ1) is 19.9. The van der Waals surface area contributed by atoms with Gasteiger partial charge >= 0.3 is 5.97 Å². The van der Waals surface area contributed by atoms with Gasteiger partial charge in [-0.3, -0.25) is 4.79 Å². The molecule has 1 aliphatic carbocycles. The van der Waals surface area contributed by atoms with E-state index in [4.69, 9.17) is 19.3 Å². The molecule has 1 aromatic carbocycles. The second-order valence-electron chi connectivity index (χ2n) is 6.49. The van der Waals surface area contributed by atoms with E-state index >= 15 is 0 Å². The standard InChI is InChI=1S/C20H21F2NO5/c1-26-17-8-7-16(23-20(17)28-13-4-2-5-13)12-10-14(21)19(15(22)11-12)27-9-3-6-18(24)25/h7-8,10-11,13H,2-6,9H2,1H3,(H,24,25). The van der Waals surface area contributed by atoms with Gasteiger partial charge in [0, 0.05) is 12.0 Å². The molecular formula is C20H21F2NO5. The van der Waals surface area contributed by atoms with Crippen molar-refractivity contribution in [2.75, 3.05) is 13.7 Å². The van der Waals surface area contributed by atoms with Gasteiger partial charge in [0.15, 0.2) is 23.1 Å². The molecule has 0 atom stereocenters. The number of carbonyl (C=O) groups is 1. The molecule has 0 amide bonds. The van der Waals surface area contributed by atoms with Crippen molar-refractivity contribution in [2.24, 2.45) is 0 Å². The van der Waals surface area contributed by atoms with Gasteiger partial charge in [0.25, 0.3) is 5.88 Å². The molecule has 1 fully saturated rings. The van der Waals surface area contributed by atoms with Crippen LogP contribution < -0.4 is 14.2 Å². The van der Waals surface area contributed by atoms with E-state index < -0.39 is 23.4 Å². The first-order valence-electron chi connectivity index (χ1n) is 9.03. The Kier molecular flexibility index (Phi) is 6.28. The second kappa shape index (κ2) is 8.86. The third-order valence-corrected chi connectivity index (χ3v) is 4.45. The van der Waals surface area contributed by atoms with Crippen LogP contribution in [-0.4, -0.2) is 35.9 Å². The summed E-state index contributed by atoms with van der Waals surface area (Å²) < 4.78 is 44.8. The smallest absolute Gasteiger partial charge is 0.303 e. The van der Waals surface area contributed by atoms with Crippen molar-refractivity contribution >= 4 is 5.97 Å². The summed E-state index contributed by atoms with van der Waals surface area (Å²) in [6.07, 6.45) is 3.06. The van der Waals surface area contributed by atoms with E-state index in [9.17, 15) is 13.6 Å². The Morgan fingerprint density at radius 2 is 1.96 bits per heavy atom. The number of aliphatic carboxylic acids is 1. The Morgan fingerprint density at radius 1 is 1.25 bits per heavy atom. The summed E-state index contributed by atoms with van der Waals surface area (Å²) in [5.74, 6) is -2.55. The van der Waals surface area contributed by atoms with Crippen LogP contribution in [0.4, 0.5) is 8.78 Å². The molecule has 1 aromatic heterocycles. The lowest BCUT2D eigenvalue weighted by Crippen LogP contribution is -2.25. The zero-order valence-electron chi connectivity index (χ0n) is 15.4. The average Bonchev–Trinajstić information content (AvgIpc) is 2.62. The number of nitrogens with zero attached hydrogens (tertiary/aromatic N) is 1. The van der Waals surface area contributed by atoms with Gasteiger partial charge in [-0.25, -0.2) is 13.8 Å². The number of hydrogen-bond acceptors (Lipinski definition) is 5. The lowest BCUT2D eigenvalue weighted by Gasteiger charge is -2.26. The van der Waals surface area contributed by atoms with E-state index in [1.165, 1.54) is 7.11 Å². The molecule has 0 unspecified atom stereocenters. The van der Waals surface area contributed by atoms with Crippen LogP contribution in [0.3, 0.4) is 0 Å². The monoisotopic (exact) mass is 393 g/mol. The summed E-state index contributed by atoms with van der Waals surface area (Å²) >= 11 is 0. The number of ether oxygens (including phenoxy) is 3. The molecule has 1 aliphatic rings. The Labute approximate surface area is 161 Å². The predicted octanol–water partition coefficient (Wildman–Crippen LogP) is 4.21. The van der Waals surface area contributed by atoms with E-state index in [0.717, 1.165) is 31.4 Å². The van der Waals surface area contributed by atoms with Crippen LogP contribution in [0.1, 0.15) is 32.1 Å². The fourth-order valence-electron chi connectivity index (χ4n) is 2.72. The van der Waals surface area contributed by atoms with E-state index in [1.807, 2.05) is 0 Å². The first-order chi connectivity index (χ1) is 13.5. The highest BCUT2D eigenvalue weighted by Gasteiger charge is 2.22. The number of pyridine rings is 1. The average molecular weight is 393 g/mol. The van der Waals surface area contributed by atoms with Gasteiger partial charge in [-0.05, 0) is 49.9 Å². The summed E-state index contributed by atoms with van der Waals surface area (Å²) in [7, 11) is 1.50. The number of halogens is 2. The Bertz CT molecular complexity index is 831. The lowest BCUT2D eigenvalue weighted by molar-refractivity contribution is -0.137. The van der Waals surface area contributed by atoms with Crippen molar-refractivity contribution in [2.45, 2.75) is 38.2 Å². The molecule has 0 aliphatic heterocycles. The van der Waals surface area contributed by atoms with Crippen LogP contribution in [-0.2, 0) is 4.79 Å². The summed E-state index contributed by atoms with van der Waals surface area (Å²) in [4.78, 5) is 14.8. The van der Waals surface area contributed by atoms with E-state index in [2.05, 4.69) is 4.98 Å². The fourth-order valence-corrected chi connectivity index (χ4v) is 2.72. The van der Waals surface area contributed by atoms with Crippen molar-refractivity contribution < 1.29 is 32.9 Å². The molecule has 1 saturated carbocycles. The molecule has 0 radical (unpaired) electrons. The number of aromatic nitrogens is 1. The number of hydrogen-bond donors (Lipinski definition) is 1. The third kappa shape index (κ3) is 4.68. The number of methoxy groups -OCH3 is 1. The molecule has 28 heavy (non-hydrogen) atoms. The number of benzene rings is 1. The van der Waals surface area contributed by atoms with Crippen LogP contribution >= 0.6 is 0 Å². The molecule has 1 N–H and O–H groups in total. The van der Waals surface area contributed by atoms with Gasteiger partial charge in [0.05, 0.1) is 19.4 Å². The highest BCUT2D eigenvalue weighted by molar-refractivity contribution is 5.66. The van der Waals surface area contributed by atoms with E-state index in [0.29, 0.717) is 17.3 Å². The van der Waals surface area contributed by atoms with Crippen LogP contribution in [0.2, 0.25) is 0 Å². The maximum atomic E-state index is 14.3. The summed E-state index contributed by atoms with van der Waals surface area (Å²) in [5, 5.41) is 8.59. The Morgan fingerprint density at radius 3 is 2.54 bits per heavy atom. The van der Waals surface area contributed by atoms with Gasteiger partial charge < -0.3 is 19.3 Å². The highest BCUT2D eigenvalue weighted by Crippen LogP contribution is 2.34. The Hall–Kier alpha value is -2.90.